The molecular formula is C17H19N5. The molecule has 2 aromatic rings. The van der Waals surface area contributed by atoms with Gasteiger partial charge in [-0.05, 0) is 43.5 Å². The molecule has 5 heteroatoms. The van der Waals surface area contributed by atoms with Crippen molar-refractivity contribution in [3.8, 4) is 6.07 Å². The third kappa shape index (κ3) is 3.34. The Balaban J connectivity index is 1.57. The van der Waals surface area contributed by atoms with E-state index in [1.54, 1.807) is 12.3 Å². The summed E-state index contributed by atoms with van der Waals surface area (Å²) in [5, 5.41) is 12.4. The average Bonchev–Trinajstić information content (AvgIpc) is 3.02. The number of hydrogen-bond acceptors (Lipinski definition) is 5. The van der Waals surface area contributed by atoms with E-state index in [4.69, 9.17) is 5.26 Å². The molecule has 22 heavy (non-hydrogen) atoms. The summed E-state index contributed by atoms with van der Waals surface area (Å²) in [5.74, 6) is 2.40. The second-order valence-corrected chi connectivity index (χ2v) is 5.66. The second-order valence-electron chi connectivity index (χ2n) is 5.66. The van der Waals surface area contributed by atoms with Crippen LogP contribution in [-0.2, 0) is 0 Å². The van der Waals surface area contributed by atoms with Gasteiger partial charge in [-0.2, -0.15) is 5.26 Å². The van der Waals surface area contributed by atoms with Gasteiger partial charge in [-0.3, -0.25) is 0 Å². The molecule has 3 heterocycles. The topological polar surface area (TPSA) is 64.8 Å². The van der Waals surface area contributed by atoms with Crippen LogP contribution in [0.4, 0.5) is 11.6 Å². The first kappa shape index (κ1) is 14.3. The fraction of sp³-hybridized carbons (Fsp3) is 0.353. The Morgan fingerprint density at radius 3 is 3.14 bits per heavy atom. The van der Waals surface area contributed by atoms with Gasteiger partial charge in [0.2, 0.25) is 0 Å². The molecule has 2 aromatic heterocycles. The smallest absolute Gasteiger partial charge is 0.129 e. The lowest BCUT2D eigenvalue weighted by atomic mass is 10.1. The number of nitrogens with zero attached hydrogens (tertiary/aromatic N) is 4. The zero-order chi connectivity index (χ0) is 15.4. The molecule has 0 unspecified atom stereocenters. The molecule has 0 aromatic carbocycles. The van der Waals surface area contributed by atoms with Crippen LogP contribution < -0.4 is 10.2 Å². The van der Waals surface area contributed by atoms with Crippen LogP contribution in [0.25, 0.3) is 0 Å². The maximum absolute atomic E-state index is 8.98. The highest BCUT2D eigenvalue weighted by Crippen LogP contribution is 2.23. The first-order chi connectivity index (χ1) is 10.7. The molecule has 1 aliphatic heterocycles. The van der Waals surface area contributed by atoms with Gasteiger partial charge in [-0.15, -0.1) is 0 Å². The van der Waals surface area contributed by atoms with Crippen LogP contribution in [0.5, 0.6) is 0 Å². The number of pyridine rings is 2. The van der Waals surface area contributed by atoms with Gasteiger partial charge >= 0.3 is 0 Å². The van der Waals surface area contributed by atoms with Crippen LogP contribution in [0.2, 0.25) is 0 Å². The first-order valence-corrected chi connectivity index (χ1v) is 7.53. The van der Waals surface area contributed by atoms with Crippen molar-refractivity contribution in [1.82, 2.24) is 9.97 Å². The zero-order valence-corrected chi connectivity index (χ0v) is 12.7. The fourth-order valence-electron chi connectivity index (χ4n) is 2.76. The van der Waals surface area contributed by atoms with Gasteiger partial charge in [-0.1, -0.05) is 6.07 Å². The molecule has 1 aliphatic rings. The molecule has 0 aliphatic carbocycles. The Labute approximate surface area is 130 Å². The molecule has 5 nitrogen and oxygen atoms in total. The van der Waals surface area contributed by atoms with E-state index in [1.165, 1.54) is 0 Å². The Hall–Kier alpha value is -2.61. The van der Waals surface area contributed by atoms with Crippen LogP contribution >= 0.6 is 0 Å². The summed E-state index contributed by atoms with van der Waals surface area (Å²) in [6.45, 7) is 4.84. The molecular weight excluding hydrogens is 274 g/mol. The van der Waals surface area contributed by atoms with Gasteiger partial charge in [0.25, 0.3) is 0 Å². The summed E-state index contributed by atoms with van der Waals surface area (Å²) in [7, 11) is 0. The number of nitriles is 1. The average molecular weight is 293 g/mol. The number of hydrogen-bond donors (Lipinski definition) is 1. The van der Waals surface area contributed by atoms with Gasteiger partial charge in [0, 0.05) is 31.5 Å². The second kappa shape index (κ2) is 6.44. The van der Waals surface area contributed by atoms with E-state index in [1.807, 2.05) is 31.2 Å². The predicted molar refractivity (Wildman–Crippen MR) is 86.7 cm³/mol. The monoisotopic (exact) mass is 293 g/mol. The third-order valence-electron chi connectivity index (χ3n) is 3.94. The highest BCUT2D eigenvalue weighted by atomic mass is 15.2. The lowest BCUT2D eigenvalue weighted by molar-refractivity contribution is 0.620. The molecule has 1 N–H and O–H groups in total. The number of aryl methyl sites for hydroxylation is 1. The number of anilines is 2. The molecule has 0 saturated carbocycles. The summed E-state index contributed by atoms with van der Waals surface area (Å²) in [6.07, 6.45) is 2.83. The van der Waals surface area contributed by atoms with Gasteiger partial charge < -0.3 is 10.2 Å². The van der Waals surface area contributed by atoms with Crippen LogP contribution in [-0.4, -0.2) is 29.6 Å². The molecule has 0 spiro atoms. The molecule has 0 bridgehead atoms. The Morgan fingerprint density at radius 1 is 1.41 bits per heavy atom. The van der Waals surface area contributed by atoms with E-state index in [-0.39, 0.29) is 0 Å². The molecule has 1 fully saturated rings. The summed E-state index contributed by atoms with van der Waals surface area (Å²) in [4.78, 5) is 11.1. The maximum Gasteiger partial charge on any atom is 0.129 e. The van der Waals surface area contributed by atoms with E-state index < -0.39 is 0 Å². The van der Waals surface area contributed by atoms with Gasteiger partial charge in [0.1, 0.15) is 11.6 Å². The summed E-state index contributed by atoms with van der Waals surface area (Å²) in [6, 6.07) is 11.8. The molecule has 0 radical (unpaired) electrons. The molecule has 3 rings (SSSR count). The van der Waals surface area contributed by atoms with Crippen molar-refractivity contribution in [2.24, 2.45) is 5.92 Å². The van der Waals surface area contributed by atoms with Crippen molar-refractivity contribution >= 4 is 11.6 Å². The van der Waals surface area contributed by atoms with Crippen LogP contribution in [0.15, 0.2) is 36.5 Å². The van der Waals surface area contributed by atoms with Crippen LogP contribution in [0.1, 0.15) is 17.7 Å². The normalized spacial score (nSPS) is 17.3. The lowest BCUT2D eigenvalue weighted by Crippen LogP contribution is -2.23. The third-order valence-corrected chi connectivity index (χ3v) is 3.94. The minimum Gasteiger partial charge on any atom is -0.370 e. The maximum atomic E-state index is 8.98. The Bertz CT molecular complexity index is 691. The van der Waals surface area contributed by atoms with Crippen molar-refractivity contribution in [3.05, 3.63) is 47.8 Å². The standard InChI is InChI=1S/C17H19N5/c1-13-3-2-4-16(21-13)20-11-15-6-8-22(12-15)17-9-14(10-18)5-7-19-17/h2-5,7,9,15H,6,8,11-12H2,1H3,(H,20,21)/t15-/m0/s1. The summed E-state index contributed by atoms with van der Waals surface area (Å²) < 4.78 is 0. The number of rotatable bonds is 4. The van der Waals surface area contributed by atoms with Crippen LogP contribution in [0, 0.1) is 24.2 Å². The largest absolute Gasteiger partial charge is 0.370 e. The van der Waals surface area contributed by atoms with Crippen molar-refractivity contribution in [1.29, 1.82) is 5.26 Å². The fourth-order valence-corrected chi connectivity index (χ4v) is 2.76. The highest BCUT2D eigenvalue weighted by molar-refractivity contribution is 5.46. The van der Waals surface area contributed by atoms with Crippen molar-refractivity contribution in [2.75, 3.05) is 29.9 Å². The van der Waals surface area contributed by atoms with E-state index in [2.05, 4.69) is 26.3 Å². The van der Waals surface area contributed by atoms with E-state index in [0.29, 0.717) is 11.5 Å². The van der Waals surface area contributed by atoms with Gasteiger partial charge in [0.15, 0.2) is 0 Å². The Kier molecular flexibility index (Phi) is 4.19. The van der Waals surface area contributed by atoms with Crippen molar-refractivity contribution in [3.63, 3.8) is 0 Å². The minimum absolute atomic E-state index is 0.565. The SMILES string of the molecule is Cc1cccc(NC[C@@H]2CCN(c3cc(C#N)ccn3)C2)n1. The van der Waals surface area contributed by atoms with E-state index >= 15 is 0 Å². The minimum atomic E-state index is 0.565. The van der Waals surface area contributed by atoms with Crippen molar-refractivity contribution < 1.29 is 0 Å². The Morgan fingerprint density at radius 2 is 2.32 bits per heavy atom. The van der Waals surface area contributed by atoms with Crippen molar-refractivity contribution in [2.45, 2.75) is 13.3 Å². The van der Waals surface area contributed by atoms with Crippen LogP contribution in [0.3, 0.4) is 0 Å². The highest BCUT2D eigenvalue weighted by Gasteiger charge is 2.23. The first-order valence-electron chi connectivity index (χ1n) is 7.53. The van der Waals surface area contributed by atoms with E-state index in [9.17, 15) is 0 Å². The molecule has 112 valence electrons. The van der Waals surface area contributed by atoms with E-state index in [0.717, 1.165) is 43.4 Å². The van der Waals surface area contributed by atoms with Gasteiger partial charge in [0.05, 0.1) is 11.6 Å². The molecule has 0 amide bonds. The molecule has 1 saturated heterocycles. The van der Waals surface area contributed by atoms with Gasteiger partial charge in [-0.25, -0.2) is 9.97 Å². The molecule has 1 atom stereocenters. The summed E-state index contributed by atoms with van der Waals surface area (Å²) in [5.41, 5.74) is 1.69. The quantitative estimate of drug-likeness (QED) is 0.938. The zero-order valence-electron chi connectivity index (χ0n) is 12.7. The number of nitrogens with one attached hydrogen (secondary N) is 1. The lowest BCUT2D eigenvalue weighted by Gasteiger charge is -2.18. The summed E-state index contributed by atoms with van der Waals surface area (Å²) >= 11 is 0. The predicted octanol–water partition coefficient (Wildman–Crippen LogP) is 2.60. The number of aromatic nitrogens is 2.